The highest BCUT2D eigenvalue weighted by Crippen LogP contribution is 2.49. The van der Waals surface area contributed by atoms with E-state index in [1.54, 1.807) is 11.8 Å². The average Bonchev–Trinajstić information content (AvgIpc) is 3.27. The maximum absolute atomic E-state index is 13.9. The number of aryl methyl sites for hydroxylation is 2. The first-order valence-electron chi connectivity index (χ1n) is 10.5. The number of carbonyl (C=O) groups is 1. The van der Waals surface area contributed by atoms with E-state index >= 15 is 0 Å². The number of aromatic nitrogens is 1. The minimum absolute atomic E-state index is 0.0267. The molecule has 1 aromatic heterocycles. The van der Waals surface area contributed by atoms with Crippen molar-refractivity contribution in [3.8, 4) is 6.07 Å². The summed E-state index contributed by atoms with van der Waals surface area (Å²) in [6, 6.07) is 20.3. The number of benzene rings is 2. The Bertz CT molecular complexity index is 1170. The SMILES string of the molecule is CCC(Sc1nc2c(cc1C#N)CCC2)C(=O)N1c2ccccc2Sc2ccccc21. The zero-order valence-electron chi connectivity index (χ0n) is 17.2. The van der Waals surface area contributed by atoms with Crippen molar-refractivity contribution in [3.05, 3.63) is 71.4 Å². The Morgan fingerprint density at radius 1 is 1.16 bits per heavy atom. The zero-order valence-corrected chi connectivity index (χ0v) is 18.8. The van der Waals surface area contributed by atoms with Crippen molar-refractivity contribution in [1.29, 1.82) is 5.26 Å². The van der Waals surface area contributed by atoms with Crippen LogP contribution < -0.4 is 4.90 Å². The number of nitriles is 1. The molecular formula is C25H21N3OS2. The zero-order chi connectivity index (χ0) is 21.4. The molecule has 1 unspecified atom stereocenters. The molecule has 3 aromatic rings. The highest BCUT2D eigenvalue weighted by molar-refractivity contribution is 8.00. The predicted octanol–water partition coefficient (Wildman–Crippen LogP) is 6.14. The lowest BCUT2D eigenvalue weighted by Gasteiger charge is -2.33. The molecule has 0 bridgehead atoms. The van der Waals surface area contributed by atoms with Gasteiger partial charge in [-0.1, -0.05) is 54.7 Å². The quantitative estimate of drug-likeness (QED) is 0.453. The van der Waals surface area contributed by atoms with Crippen LogP contribution in [0.5, 0.6) is 0 Å². The number of fused-ring (bicyclic) bond motifs is 3. The summed E-state index contributed by atoms with van der Waals surface area (Å²) < 4.78 is 0. The van der Waals surface area contributed by atoms with Gasteiger partial charge in [0.25, 0.3) is 0 Å². The lowest BCUT2D eigenvalue weighted by molar-refractivity contribution is -0.117. The van der Waals surface area contributed by atoms with E-state index in [0.717, 1.165) is 46.1 Å². The molecule has 0 radical (unpaired) electrons. The third-order valence-electron chi connectivity index (χ3n) is 5.69. The molecule has 154 valence electrons. The summed E-state index contributed by atoms with van der Waals surface area (Å²) in [7, 11) is 0. The number of anilines is 2. The maximum Gasteiger partial charge on any atom is 0.245 e. The Kier molecular flexibility index (Phi) is 5.47. The summed E-state index contributed by atoms with van der Waals surface area (Å²) in [6.45, 7) is 2.02. The number of hydrogen-bond acceptors (Lipinski definition) is 5. The van der Waals surface area contributed by atoms with Crippen LogP contribution in [-0.2, 0) is 17.6 Å². The van der Waals surface area contributed by atoms with Gasteiger partial charge in [0.15, 0.2) is 0 Å². The van der Waals surface area contributed by atoms with E-state index in [2.05, 4.69) is 18.2 Å². The van der Waals surface area contributed by atoms with Crippen molar-refractivity contribution >= 4 is 40.8 Å². The lowest BCUT2D eigenvalue weighted by Crippen LogP contribution is -2.35. The fourth-order valence-electron chi connectivity index (χ4n) is 4.15. The number of amides is 1. The molecule has 1 atom stereocenters. The third kappa shape index (κ3) is 3.62. The Morgan fingerprint density at radius 3 is 2.48 bits per heavy atom. The molecule has 2 aromatic carbocycles. The van der Waals surface area contributed by atoms with Gasteiger partial charge in [-0.05, 0) is 61.6 Å². The molecule has 0 saturated carbocycles. The maximum atomic E-state index is 13.9. The molecule has 2 heterocycles. The number of carbonyl (C=O) groups excluding carboxylic acids is 1. The van der Waals surface area contributed by atoms with E-state index in [9.17, 15) is 10.1 Å². The highest BCUT2D eigenvalue weighted by atomic mass is 32.2. The van der Waals surface area contributed by atoms with Gasteiger partial charge < -0.3 is 0 Å². The Hall–Kier alpha value is -2.75. The van der Waals surface area contributed by atoms with Gasteiger partial charge in [-0.2, -0.15) is 5.26 Å². The summed E-state index contributed by atoms with van der Waals surface area (Å²) in [5, 5.41) is 10.0. The highest BCUT2D eigenvalue weighted by Gasteiger charge is 2.33. The van der Waals surface area contributed by atoms with Crippen molar-refractivity contribution in [2.24, 2.45) is 0 Å². The number of pyridine rings is 1. The topological polar surface area (TPSA) is 57.0 Å². The molecule has 0 saturated heterocycles. The van der Waals surface area contributed by atoms with Crippen molar-refractivity contribution in [2.45, 2.75) is 52.7 Å². The van der Waals surface area contributed by atoms with Crippen LogP contribution in [0.25, 0.3) is 0 Å². The molecule has 2 aliphatic rings. The van der Waals surface area contributed by atoms with Crippen molar-refractivity contribution in [1.82, 2.24) is 4.98 Å². The second kappa shape index (κ2) is 8.41. The minimum Gasteiger partial charge on any atom is -0.278 e. The third-order valence-corrected chi connectivity index (χ3v) is 8.17. The first kappa shape index (κ1) is 20.2. The molecular weight excluding hydrogens is 422 g/mol. The van der Waals surface area contributed by atoms with Gasteiger partial charge >= 0.3 is 0 Å². The molecule has 1 aliphatic heterocycles. The van der Waals surface area contributed by atoms with E-state index < -0.39 is 0 Å². The molecule has 6 heteroatoms. The first-order valence-corrected chi connectivity index (χ1v) is 12.2. The van der Waals surface area contributed by atoms with Crippen LogP contribution >= 0.6 is 23.5 Å². The predicted molar refractivity (Wildman–Crippen MR) is 125 cm³/mol. The van der Waals surface area contributed by atoms with E-state index in [1.165, 1.54) is 17.3 Å². The van der Waals surface area contributed by atoms with Crippen LogP contribution in [0.1, 0.15) is 36.6 Å². The summed E-state index contributed by atoms with van der Waals surface area (Å²) in [5.41, 5.74) is 4.66. The molecule has 0 fully saturated rings. The fraction of sp³-hybridized carbons (Fsp3) is 0.240. The Labute approximate surface area is 190 Å². The van der Waals surface area contributed by atoms with Crippen LogP contribution in [0.4, 0.5) is 11.4 Å². The molecule has 0 spiro atoms. The van der Waals surface area contributed by atoms with Gasteiger partial charge in [0, 0.05) is 15.5 Å². The fourth-order valence-corrected chi connectivity index (χ4v) is 6.25. The van der Waals surface area contributed by atoms with Crippen molar-refractivity contribution in [3.63, 3.8) is 0 Å². The lowest BCUT2D eigenvalue weighted by atomic mass is 10.2. The van der Waals surface area contributed by atoms with Crippen LogP contribution in [0, 0.1) is 11.3 Å². The average molecular weight is 444 g/mol. The van der Waals surface area contributed by atoms with Crippen molar-refractivity contribution < 1.29 is 4.79 Å². The molecule has 31 heavy (non-hydrogen) atoms. The molecule has 4 nitrogen and oxygen atoms in total. The summed E-state index contributed by atoms with van der Waals surface area (Å²) in [6.07, 6.45) is 3.66. The van der Waals surface area contributed by atoms with E-state index in [0.29, 0.717) is 17.0 Å². The summed E-state index contributed by atoms with van der Waals surface area (Å²) >= 11 is 3.12. The van der Waals surface area contributed by atoms with Gasteiger partial charge in [0.05, 0.1) is 22.2 Å². The standard InChI is InChI=1S/C25H21N3OS2/c1-2-21(31-24-17(15-26)14-16-8-7-9-18(16)27-24)25(29)28-19-10-3-5-12-22(19)30-23-13-6-4-11-20(23)28/h3-6,10-14,21H,2,7-9H2,1H3. The summed E-state index contributed by atoms with van der Waals surface area (Å²) in [4.78, 5) is 22.7. The van der Waals surface area contributed by atoms with Crippen LogP contribution in [0.2, 0.25) is 0 Å². The van der Waals surface area contributed by atoms with Crippen LogP contribution in [0.3, 0.4) is 0 Å². The number of para-hydroxylation sites is 2. The summed E-state index contributed by atoms with van der Waals surface area (Å²) in [5.74, 6) is 0.0267. The number of nitrogens with zero attached hydrogens (tertiary/aromatic N) is 3. The van der Waals surface area contributed by atoms with Crippen LogP contribution in [-0.4, -0.2) is 16.1 Å². The Morgan fingerprint density at radius 2 is 1.84 bits per heavy atom. The second-order valence-electron chi connectivity index (χ2n) is 7.64. The number of hydrogen-bond donors (Lipinski definition) is 0. The van der Waals surface area contributed by atoms with E-state index in [4.69, 9.17) is 4.98 Å². The molecule has 0 N–H and O–H groups in total. The first-order chi connectivity index (χ1) is 15.2. The molecule has 1 amide bonds. The monoisotopic (exact) mass is 443 g/mol. The normalized spacial score (nSPS) is 14.9. The van der Waals surface area contributed by atoms with Gasteiger partial charge in [-0.3, -0.25) is 9.69 Å². The number of rotatable bonds is 4. The second-order valence-corrected chi connectivity index (χ2v) is 9.91. The molecule has 1 aliphatic carbocycles. The van der Waals surface area contributed by atoms with Crippen LogP contribution in [0.15, 0.2) is 69.4 Å². The minimum atomic E-state index is -0.330. The van der Waals surface area contributed by atoms with Gasteiger partial charge in [0.1, 0.15) is 11.1 Å². The van der Waals surface area contributed by atoms with Gasteiger partial charge in [-0.25, -0.2) is 4.98 Å². The van der Waals surface area contributed by atoms with Gasteiger partial charge in [-0.15, -0.1) is 0 Å². The number of thioether (sulfide) groups is 1. The largest absolute Gasteiger partial charge is 0.278 e. The molecule has 5 rings (SSSR count). The van der Waals surface area contributed by atoms with E-state index in [-0.39, 0.29) is 11.2 Å². The van der Waals surface area contributed by atoms with E-state index in [1.807, 2.05) is 54.3 Å². The van der Waals surface area contributed by atoms with Crippen molar-refractivity contribution in [2.75, 3.05) is 4.90 Å². The van der Waals surface area contributed by atoms with Gasteiger partial charge in [0.2, 0.25) is 5.91 Å². The Balaban J connectivity index is 1.52. The smallest absolute Gasteiger partial charge is 0.245 e.